The van der Waals surface area contributed by atoms with E-state index in [0.29, 0.717) is 11.6 Å². The Kier molecular flexibility index (Phi) is 3.59. The van der Waals surface area contributed by atoms with Gasteiger partial charge in [0.05, 0.1) is 6.93 Å². The quantitative estimate of drug-likeness (QED) is 0.729. The highest BCUT2D eigenvalue weighted by Gasteiger charge is 2.07. The van der Waals surface area contributed by atoms with E-state index in [-0.39, 0.29) is 0 Å². The Hall–Kier alpha value is -1.31. The van der Waals surface area contributed by atoms with Crippen molar-refractivity contribution in [3.63, 3.8) is 0 Å². The second kappa shape index (κ2) is 5.43. The fourth-order valence-electron chi connectivity index (χ4n) is 1.45. The van der Waals surface area contributed by atoms with Crippen molar-refractivity contribution >= 4 is 5.97 Å². The van der Waals surface area contributed by atoms with E-state index in [0.717, 1.165) is 31.2 Å². The van der Waals surface area contributed by atoms with Crippen molar-refractivity contribution in [3.05, 3.63) is 35.4 Å². The topological polar surface area (TPSA) is 37.3 Å². The van der Waals surface area contributed by atoms with Crippen LogP contribution < -0.4 is 0 Å². The number of hydrogen-bond donors (Lipinski definition) is 1. The third kappa shape index (κ3) is 2.87. The zero-order valence-corrected chi connectivity index (χ0v) is 8.42. The summed E-state index contributed by atoms with van der Waals surface area (Å²) in [5.74, 6) is -0.901. The summed E-state index contributed by atoms with van der Waals surface area (Å²) in [4.78, 5) is 10.9. The molecule has 0 unspecified atom stereocenters. The first-order valence-corrected chi connectivity index (χ1v) is 4.98. The summed E-state index contributed by atoms with van der Waals surface area (Å²) in [7, 11) is 0. The normalized spacial score (nSPS) is 11.1. The highest BCUT2D eigenvalue weighted by atomic mass is 16.4. The number of carboxylic acid groups (broad SMARTS) is 1. The van der Waals surface area contributed by atoms with Gasteiger partial charge in [-0.15, -0.1) is 0 Å². The van der Waals surface area contributed by atoms with E-state index < -0.39 is 5.97 Å². The maximum Gasteiger partial charge on any atom is 0.335 e. The van der Waals surface area contributed by atoms with Crippen LogP contribution in [0.3, 0.4) is 0 Å². The molecule has 0 fully saturated rings. The van der Waals surface area contributed by atoms with Crippen LogP contribution in [-0.4, -0.2) is 11.1 Å². The van der Waals surface area contributed by atoms with E-state index in [1.165, 1.54) is 12.1 Å². The number of rotatable bonds is 5. The van der Waals surface area contributed by atoms with Crippen molar-refractivity contribution in [2.75, 3.05) is 0 Å². The standard InChI is InChI=1S/C12H16O2/c1-2-3-4-7-10-8-5-6-9-11(10)12(13)14/h5-6,8-9H,2-4,7H2,1H3,(H,13,14)/i5D. The third-order valence-electron chi connectivity index (χ3n) is 2.23. The molecule has 1 N–H and O–H groups in total. The molecule has 14 heavy (non-hydrogen) atoms. The minimum atomic E-state index is -0.901. The Morgan fingerprint density at radius 1 is 1.50 bits per heavy atom. The molecule has 1 aromatic carbocycles. The number of carboxylic acids is 1. The van der Waals surface area contributed by atoms with Gasteiger partial charge in [0.15, 0.2) is 0 Å². The minimum Gasteiger partial charge on any atom is -0.478 e. The van der Waals surface area contributed by atoms with E-state index in [9.17, 15) is 4.79 Å². The molecule has 0 bridgehead atoms. The smallest absolute Gasteiger partial charge is 0.335 e. The monoisotopic (exact) mass is 193 g/mol. The molecule has 2 heteroatoms. The molecule has 0 saturated heterocycles. The molecule has 2 nitrogen and oxygen atoms in total. The van der Waals surface area contributed by atoms with Gasteiger partial charge in [0.2, 0.25) is 0 Å². The molecule has 0 amide bonds. The van der Waals surface area contributed by atoms with Gasteiger partial charge in [0.1, 0.15) is 0 Å². The van der Waals surface area contributed by atoms with E-state index in [1.54, 1.807) is 6.07 Å². The molecule has 1 rings (SSSR count). The van der Waals surface area contributed by atoms with Gasteiger partial charge in [0, 0.05) is 0 Å². The van der Waals surface area contributed by atoms with Crippen LogP contribution in [0.2, 0.25) is 0 Å². The Labute approximate surface area is 86.0 Å². The van der Waals surface area contributed by atoms with Crippen LogP contribution in [0.1, 0.15) is 43.5 Å². The highest BCUT2D eigenvalue weighted by molar-refractivity contribution is 5.89. The van der Waals surface area contributed by atoms with Gasteiger partial charge in [-0.25, -0.2) is 4.79 Å². The minimum absolute atomic E-state index is 0.335. The summed E-state index contributed by atoms with van der Waals surface area (Å²) < 4.78 is 7.46. The molecular formula is C12H16O2. The molecule has 0 saturated carbocycles. The van der Waals surface area contributed by atoms with Crippen LogP contribution in [0.25, 0.3) is 0 Å². The Bertz CT molecular complexity index is 347. The summed E-state index contributed by atoms with van der Waals surface area (Å²) in [6, 6.07) is 5.07. The molecule has 0 atom stereocenters. The van der Waals surface area contributed by atoms with Gasteiger partial charge in [-0.05, 0) is 24.5 Å². The van der Waals surface area contributed by atoms with Crippen LogP contribution >= 0.6 is 0 Å². The van der Waals surface area contributed by atoms with Gasteiger partial charge >= 0.3 is 5.97 Å². The second-order valence-electron chi connectivity index (χ2n) is 3.35. The van der Waals surface area contributed by atoms with E-state index in [2.05, 4.69) is 6.92 Å². The van der Waals surface area contributed by atoms with Gasteiger partial charge in [-0.1, -0.05) is 37.9 Å². The first kappa shape index (κ1) is 9.25. The number of aromatic carboxylic acids is 1. The maximum absolute atomic E-state index is 10.9. The molecule has 0 aliphatic heterocycles. The summed E-state index contributed by atoms with van der Waals surface area (Å²) >= 11 is 0. The number of hydrogen-bond acceptors (Lipinski definition) is 1. The molecule has 0 aromatic heterocycles. The molecule has 1 aromatic rings. The predicted octanol–water partition coefficient (Wildman–Crippen LogP) is 3.12. The zero-order chi connectivity index (χ0) is 11.3. The molecule has 0 radical (unpaired) electrons. The fraction of sp³-hybridized carbons (Fsp3) is 0.417. The first-order valence-electron chi connectivity index (χ1n) is 5.48. The van der Waals surface area contributed by atoms with Crippen molar-refractivity contribution in [1.29, 1.82) is 0 Å². The number of carbonyl (C=O) groups is 1. The van der Waals surface area contributed by atoms with Crippen LogP contribution in [0, 0.1) is 0 Å². The van der Waals surface area contributed by atoms with Gasteiger partial charge in [-0.2, -0.15) is 0 Å². The Morgan fingerprint density at radius 2 is 2.29 bits per heavy atom. The maximum atomic E-state index is 10.9. The van der Waals surface area contributed by atoms with Crippen molar-refractivity contribution in [2.24, 2.45) is 0 Å². The van der Waals surface area contributed by atoms with Gasteiger partial charge in [0.25, 0.3) is 0 Å². The van der Waals surface area contributed by atoms with Crippen molar-refractivity contribution in [3.8, 4) is 0 Å². The molecule has 0 aliphatic rings. The summed E-state index contributed by atoms with van der Waals surface area (Å²) in [6.45, 7) is 2.11. The van der Waals surface area contributed by atoms with Crippen LogP contribution in [-0.2, 0) is 6.42 Å². The molecule has 76 valence electrons. The van der Waals surface area contributed by atoms with Crippen LogP contribution in [0.15, 0.2) is 24.2 Å². The highest BCUT2D eigenvalue weighted by Crippen LogP contribution is 2.12. The third-order valence-corrected chi connectivity index (χ3v) is 2.23. The number of benzene rings is 1. The lowest BCUT2D eigenvalue weighted by molar-refractivity contribution is 0.0695. The summed E-state index contributed by atoms with van der Waals surface area (Å²) in [5, 5.41) is 8.95. The molecule has 0 heterocycles. The lowest BCUT2D eigenvalue weighted by atomic mass is 10.0. The average molecular weight is 193 g/mol. The molecule has 0 aliphatic carbocycles. The fourth-order valence-corrected chi connectivity index (χ4v) is 1.45. The molecule has 0 spiro atoms. The second-order valence-corrected chi connectivity index (χ2v) is 3.35. The van der Waals surface area contributed by atoms with Gasteiger partial charge in [-0.3, -0.25) is 0 Å². The molecular weight excluding hydrogens is 176 g/mol. The average Bonchev–Trinajstić information content (AvgIpc) is 2.18. The van der Waals surface area contributed by atoms with Crippen LogP contribution in [0.5, 0.6) is 0 Å². The number of unbranched alkanes of at least 4 members (excludes halogenated alkanes) is 2. The lowest BCUT2D eigenvalue weighted by Crippen LogP contribution is -2.01. The van der Waals surface area contributed by atoms with Crippen molar-refractivity contribution in [2.45, 2.75) is 32.6 Å². The van der Waals surface area contributed by atoms with E-state index in [1.807, 2.05) is 0 Å². The largest absolute Gasteiger partial charge is 0.478 e. The summed E-state index contributed by atoms with van der Waals surface area (Å²) in [6.07, 6.45) is 3.95. The van der Waals surface area contributed by atoms with E-state index in [4.69, 9.17) is 6.48 Å². The van der Waals surface area contributed by atoms with Crippen molar-refractivity contribution < 1.29 is 11.3 Å². The Morgan fingerprint density at radius 3 is 2.93 bits per heavy atom. The predicted molar refractivity (Wildman–Crippen MR) is 56.6 cm³/mol. The SMILES string of the molecule is [2H]c1ccc(C(=O)O)c(CCCCC)c1. The summed E-state index contributed by atoms with van der Waals surface area (Å²) in [5.41, 5.74) is 1.12. The lowest BCUT2D eigenvalue weighted by Gasteiger charge is -2.04. The van der Waals surface area contributed by atoms with Crippen molar-refractivity contribution in [1.82, 2.24) is 0 Å². The number of aryl methyl sites for hydroxylation is 1. The van der Waals surface area contributed by atoms with Crippen LogP contribution in [0.4, 0.5) is 0 Å². The Balaban J connectivity index is 2.82. The first-order chi connectivity index (χ1) is 7.15. The van der Waals surface area contributed by atoms with E-state index >= 15 is 0 Å². The zero-order valence-electron chi connectivity index (χ0n) is 9.42. The van der Waals surface area contributed by atoms with Gasteiger partial charge < -0.3 is 5.11 Å².